The molecule has 0 saturated heterocycles. The van der Waals surface area contributed by atoms with Crippen molar-refractivity contribution in [3.8, 4) is 17.2 Å². The van der Waals surface area contributed by atoms with E-state index in [1.165, 1.54) is 11.8 Å². The number of ether oxygens (including phenoxy) is 3. The van der Waals surface area contributed by atoms with Crippen LogP contribution < -0.4 is 19.5 Å². The number of rotatable bonds is 7. The Balaban J connectivity index is 1.24. The normalized spacial score (nSPS) is 12.8. The summed E-state index contributed by atoms with van der Waals surface area (Å²) in [5.41, 5.74) is 2.84. The number of thioether (sulfide) groups is 1. The Morgan fingerprint density at radius 2 is 2.07 bits per heavy atom. The van der Waals surface area contributed by atoms with Gasteiger partial charge in [-0.2, -0.15) is 0 Å². The second-order valence-corrected chi connectivity index (χ2v) is 7.26. The average molecular weight is 399 g/mol. The molecular weight excluding hydrogens is 378 g/mol. The van der Waals surface area contributed by atoms with Crippen LogP contribution in [0, 0.1) is 0 Å². The van der Waals surface area contributed by atoms with Crippen LogP contribution in [0.15, 0.2) is 41.6 Å². The fraction of sp³-hybridized carbons (Fsp3) is 0.300. The van der Waals surface area contributed by atoms with Crippen LogP contribution in [0.4, 0.5) is 0 Å². The van der Waals surface area contributed by atoms with Crippen LogP contribution in [0.5, 0.6) is 17.2 Å². The first-order valence-corrected chi connectivity index (χ1v) is 10.0. The molecule has 0 bridgehead atoms. The van der Waals surface area contributed by atoms with Gasteiger partial charge in [0.05, 0.1) is 23.9 Å². The molecular formula is C20H21N3O4S. The number of fused-ring (bicyclic) bond motifs is 2. The maximum Gasteiger partial charge on any atom is 0.230 e. The van der Waals surface area contributed by atoms with Gasteiger partial charge in [0.2, 0.25) is 5.91 Å². The Kier molecular flexibility index (Phi) is 5.57. The standard InChI is InChI=1S/C20H21N3O4S/c1-25-14-3-4-15-16(11-14)23-20(22-15)28-12-19(24)21-7-6-13-2-5-17-18(10-13)27-9-8-26-17/h2-5,10-11H,6-9,12H2,1H3,(H,21,24)(H,22,23). The molecule has 0 spiro atoms. The Morgan fingerprint density at radius 1 is 1.21 bits per heavy atom. The van der Waals surface area contributed by atoms with Gasteiger partial charge in [-0.15, -0.1) is 0 Å². The van der Waals surface area contributed by atoms with E-state index in [1.807, 2.05) is 36.4 Å². The summed E-state index contributed by atoms with van der Waals surface area (Å²) in [5, 5.41) is 3.65. The van der Waals surface area contributed by atoms with Crippen LogP contribution in [0.25, 0.3) is 11.0 Å². The summed E-state index contributed by atoms with van der Waals surface area (Å²) >= 11 is 1.38. The second-order valence-electron chi connectivity index (χ2n) is 6.29. The van der Waals surface area contributed by atoms with Crippen LogP contribution in [0.1, 0.15) is 5.56 Å². The van der Waals surface area contributed by atoms with E-state index in [4.69, 9.17) is 14.2 Å². The van der Waals surface area contributed by atoms with Gasteiger partial charge in [-0.25, -0.2) is 4.98 Å². The van der Waals surface area contributed by atoms with Gasteiger partial charge >= 0.3 is 0 Å². The third-order valence-corrected chi connectivity index (χ3v) is 5.22. The molecule has 8 heteroatoms. The number of amides is 1. The lowest BCUT2D eigenvalue weighted by Crippen LogP contribution is -2.27. The molecule has 2 aromatic carbocycles. The summed E-state index contributed by atoms with van der Waals surface area (Å²) in [6.07, 6.45) is 0.734. The minimum atomic E-state index is -0.0272. The molecule has 1 aliphatic rings. The van der Waals surface area contributed by atoms with Crippen LogP contribution >= 0.6 is 11.8 Å². The molecule has 0 atom stereocenters. The Labute approximate surface area is 166 Å². The number of aromatic nitrogens is 2. The monoisotopic (exact) mass is 399 g/mol. The third kappa shape index (κ3) is 4.33. The zero-order valence-electron chi connectivity index (χ0n) is 15.5. The highest BCUT2D eigenvalue weighted by Crippen LogP contribution is 2.30. The van der Waals surface area contributed by atoms with Crippen LogP contribution in [-0.4, -0.2) is 48.5 Å². The van der Waals surface area contributed by atoms with E-state index in [-0.39, 0.29) is 5.91 Å². The number of hydrogen-bond acceptors (Lipinski definition) is 6. The molecule has 3 aromatic rings. The summed E-state index contributed by atoms with van der Waals surface area (Å²) in [5.74, 6) is 2.59. The van der Waals surface area contributed by atoms with Crippen molar-refractivity contribution < 1.29 is 19.0 Å². The smallest absolute Gasteiger partial charge is 0.230 e. The molecule has 1 aromatic heterocycles. The van der Waals surface area contributed by atoms with E-state index < -0.39 is 0 Å². The molecule has 0 radical (unpaired) electrons. The van der Waals surface area contributed by atoms with E-state index in [9.17, 15) is 4.79 Å². The zero-order chi connectivity index (χ0) is 19.3. The largest absolute Gasteiger partial charge is 0.497 e. The van der Waals surface area contributed by atoms with Crippen molar-refractivity contribution in [2.45, 2.75) is 11.6 Å². The van der Waals surface area contributed by atoms with Crippen molar-refractivity contribution in [2.24, 2.45) is 0 Å². The molecule has 1 amide bonds. The number of imidazole rings is 1. The molecule has 146 valence electrons. The maximum atomic E-state index is 12.1. The Morgan fingerprint density at radius 3 is 2.93 bits per heavy atom. The number of aromatic amines is 1. The van der Waals surface area contributed by atoms with Crippen molar-refractivity contribution in [3.63, 3.8) is 0 Å². The minimum Gasteiger partial charge on any atom is -0.497 e. The summed E-state index contributed by atoms with van der Waals surface area (Å²) in [4.78, 5) is 19.8. The number of nitrogens with zero attached hydrogens (tertiary/aromatic N) is 1. The van der Waals surface area contributed by atoms with Gasteiger partial charge in [0.25, 0.3) is 0 Å². The van der Waals surface area contributed by atoms with Crippen molar-refractivity contribution >= 4 is 28.7 Å². The zero-order valence-corrected chi connectivity index (χ0v) is 16.3. The quantitative estimate of drug-likeness (QED) is 0.594. The van der Waals surface area contributed by atoms with E-state index in [2.05, 4.69) is 15.3 Å². The number of benzene rings is 2. The lowest BCUT2D eigenvalue weighted by molar-refractivity contribution is -0.118. The van der Waals surface area contributed by atoms with Crippen molar-refractivity contribution in [3.05, 3.63) is 42.0 Å². The molecule has 0 fully saturated rings. The van der Waals surface area contributed by atoms with Gasteiger partial charge in [-0.1, -0.05) is 17.8 Å². The molecule has 1 aliphatic heterocycles. The number of carbonyl (C=O) groups is 1. The summed E-state index contributed by atoms with van der Waals surface area (Å²) in [6.45, 7) is 1.72. The first-order valence-electron chi connectivity index (χ1n) is 9.03. The predicted octanol–water partition coefficient (Wildman–Crippen LogP) is 2.79. The van der Waals surface area contributed by atoms with E-state index in [0.717, 1.165) is 40.3 Å². The molecule has 0 aliphatic carbocycles. The average Bonchev–Trinajstić information content (AvgIpc) is 3.14. The minimum absolute atomic E-state index is 0.0272. The van der Waals surface area contributed by atoms with Crippen molar-refractivity contribution in [1.82, 2.24) is 15.3 Å². The van der Waals surface area contributed by atoms with E-state index >= 15 is 0 Å². The predicted molar refractivity (Wildman–Crippen MR) is 108 cm³/mol. The summed E-state index contributed by atoms with van der Waals surface area (Å²) < 4.78 is 16.3. The highest BCUT2D eigenvalue weighted by Gasteiger charge is 2.12. The van der Waals surface area contributed by atoms with Crippen LogP contribution in [0.3, 0.4) is 0 Å². The molecule has 2 N–H and O–H groups in total. The molecule has 4 rings (SSSR count). The molecule has 2 heterocycles. The van der Waals surface area contributed by atoms with Crippen molar-refractivity contribution in [1.29, 1.82) is 0 Å². The Bertz CT molecular complexity index is 989. The van der Waals surface area contributed by atoms with E-state index in [1.54, 1.807) is 7.11 Å². The lowest BCUT2D eigenvalue weighted by atomic mass is 10.1. The van der Waals surface area contributed by atoms with Gasteiger partial charge in [-0.05, 0) is 36.2 Å². The lowest BCUT2D eigenvalue weighted by Gasteiger charge is -2.18. The number of nitrogens with one attached hydrogen (secondary N) is 2. The number of H-pyrrole nitrogens is 1. The number of carbonyl (C=O) groups excluding carboxylic acids is 1. The summed E-state index contributed by atoms with van der Waals surface area (Å²) in [7, 11) is 1.63. The molecule has 0 unspecified atom stereocenters. The van der Waals surface area contributed by atoms with Gasteiger partial charge < -0.3 is 24.5 Å². The SMILES string of the molecule is COc1ccc2nc(SCC(=O)NCCc3ccc4c(c3)OCCO4)[nH]c2c1. The van der Waals surface area contributed by atoms with E-state index in [0.29, 0.717) is 30.7 Å². The van der Waals surface area contributed by atoms with Gasteiger partial charge in [-0.3, -0.25) is 4.79 Å². The van der Waals surface area contributed by atoms with Crippen LogP contribution in [-0.2, 0) is 11.2 Å². The highest BCUT2D eigenvalue weighted by atomic mass is 32.2. The molecule has 0 saturated carbocycles. The number of hydrogen-bond donors (Lipinski definition) is 2. The van der Waals surface area contributed by atoms with Crippen LogP contribution in [0.2, 0.25) is 0 Å². The van der Waals surface area contributed by atoms with Crippen molar-refractivity contribution in [2.75, 3.05) is 32.6 Å². The first kappa shape index (κ1) is 18.5. The van der Waals surface area contributed by atoms with Gasteiger partial charge in [0.1, 0.15) is 19.0 Å². The molecule has 7 nitrogen and oxygen atoms in total. The first-order chi connectivity index (χ1) is 13.7. The third-order valence-electron chi connectivity index (χ3n) is 4.35. The fourth-order valence-corrected chi connectivity index (χ4v) is 3.65. The number of methoxy groups -OCH3 is 1. The maximum absolute atomic E-state index is 12.1. The molecule has 28 heavy (non-hydrogen) atoms. The Hall–Kier alpha value is -2.87. The summed E-state index contributed by atoms with van der Waals surface area (Å²) in [6, 6.07) is 11.5. The second kappa shape index (κ2) is 8.43. The fourth-order valence-electron chi connectivity index (χ4n) is 2.94. The topological polar surface area (TPSA) is 85.5 Å². The highest BCUT2D eigenvalue weighted by molar-refractivity contribution is 7.99. The van der Waals surface area contributed by atoms with Gasteiger partial charge in [0, 0.05) is 12.6 Å². The van der Waals surface area contributed by atoms with Gasteiger partial charge in [0.15, 0.2) is 16.7 Å².